The first-order valence-electron chi connectivity index (χ1n) is 10.2. The lowest BCUT2D eigenvalue weighted by Gasteiger charge is -2.21. The average molecular weight is 445 g/mol. The summed E-state index contributed by atoms with van der Waals surface area (Å²) in [7, 11) is 0. The second kappa shape index (κ2) is 9.02. The van der Waals surface area contributed by atoms with Gasteiger partial charge in [-0.2, -0.15) is 10.4 Å². The maximum atomic E-state index is 4.59. The summed E-state index contributed by atoms with van der Waals surface area (Å²) < 4.78 is 0. The highest BCUT2D eigenvalue weighted by Crippen LogP contribution is 2.32. The number of anilines is 1. The average Bonchev–Trinajstić information content (AvgIpc) is 3.62. The van der Waals surface area contributed by atoms with E-state index in [0.717, 1.165) is 46.2 Å². The molecule has 10 nitrogen and oxygen atoms in total. The van der Waals surface area contributed by atoms with Crippen LogP contribution in [0.15, 0.2) is 54.7 Å². The first-order valence-corrected chi connectivity index (χ1v) is 11.0. The zero-order chi connectivity index (χ0) is 21.8. The second-order valence-electron chi connectivity index (χ2n) is 7.14. The maximum absolute atomic E-state index is 4.59. The van der Waals surface area contributed by atoms with Crippen molar-refractivity contribution in [2.75, 3.05) is 11.4 Å². The van der Waals surface area contributed by atoms with E-state index in [1.165, 1.54) is 5.56 Å². The van der Waals surface area contributed by atoms with E-state index in [1.54, 1.807) is 17.5 Å². The Kier molecular flexibility index (Phi) is 5.62. The van der Waals surface area contributed by atoms with Gasteiger partial charge in [0.15, 0.2) is 5.13 Å². The summed E-state index contributed by atoms with van der Waals surface area (Å²) in [6.45, 7) is 3.83. The normalized spacial score (nSPS) is 11.0. The van der Waals surface area contributed by atoms with E-state index < -0.39 is 0 Å². The van der Waals surface area contributed by atoms with Gasteiger partial charge in [0.2, 0.25) is 11.6 Å². The van der Waals surface area contributed by atoms with Crippen LogP contribution in [-0.2, 0) is 6.54 Å². The smallest absolute Gasteiger partial charge is 0.216 e. The minimum Gasteiger partial charge on any atom is -0.344 e. The van der Waals surface area contributed by atoms with Crippen molar-refractivity contribution in [1.82, 2.24) is 46.2 Å². The molecule has 32 heavy (non-hydrogen) atoms. The fourth-order valence-corrected chi connectivity index (χ4v) is 4.38. The van der Waals surface area contributed by atoms with Crippen molar-refractivity contribution in [3.05, 3.63) is 60.3 Å². The van der Waals surface area contributed by atoms with Gasteiger partial charge in [0.05, 0.1) is 11.1 Å². The Hall–Kier alpha value is -3.99. The van der Waals surface area contributed by atoms with Crippen molar-refractivity contribution >= 4 is 16.5 Å². The Morgan fingerprint density at radius 1 is 0.875 bits per heavy atom. The molecule has 0 fully saturated rings. The molecule has 0 unspecified atom stereocenters. The molecule has 3 heterocycles. The van der Waals surface area contributed by atoms with Crippen molar-refractivity contribution in [2.45, 2.75) is 19.9 Å². The molecular weight excluding hydrogens is 424 g/mol. The Balaban J connectivity index is 1.37. The van der Waals surface area contributed by atoms with Gasteiger partial charge in [-0.15, -0.1) is 20.4 Å². The monoisotopic (exact) mass is 444 g/mol. The van der Waals surface area contributed by atoms with Crippen LogP contribution >= 0.6 is 11.3 Å². The van der Waals surface area contributed by atoms with Gasteiger partial charge < -0.3 is 4.90 Å². The predicted molar refractivity (Wildman–Crippen MR) is 122 cm³/mol. The lowest BCUT2D eigenvalue weighted by molar-refractivity contribution is 0.764. The summed E-state index contributed by atoms with van der Waals surface area (Å²) in [4.78, 5) is 7.76. The molecule has 0 aliphatic heterocycles. The molecule has 160 valence electrons. The molecule has 0 spiro atoms. The zero-order valence-electron chi connectivity index (χ0n) is 17.3. The number of hydrogen-bond acceptors (Lipinski definition) is 9. The van der Waals surface area contributed by atoms with E-state index in [2.05, 4.69) is 88.4 Å². The Labute approximate surface area is 187 Å². The van der Waals surface area contributed by atoms with E-state index in [-0.39, 0.29) is 0 Å². The van der Waals surface area contributed by atoms with E-state index in [4.69, 9.17) is 0 Å². The summed E-state index contributed by atoms with van der Waals surface area (Å²) in [5, 5.41) is 29.6. The number of thiazole rings is 1. The number of hydrogen-bond donors (Lipinski definition) is 2. The van der Waals surface area contributed by atoms with Gasteiger partial charge in [0, 0.05) is 18.7 Å². The maximum Gasteiger partial charge on any atom is 0.216 e. The molecule has 0 aliphatic rings. The number of aromatic nitrogens is 9. The highest BCUT2D eigenvalue weighted by molar-refractivity contribution is 7.18. The second-order valence-corrected chi connectivity index (χ2v) is 8.15. The summed E-state index contributed by atoms with van der Waals surface area (Å²) in [6.07, 6.45) is 2.82. The Morgan fingerprint density at radius 3 is 2.28 bits per heavy atom. The number of nitrogens with zero attached hydrogens (tertiary/aromatic N) is 8. The number of benzene rings is 2. The van der Waals surface area contributed by atoms with E-state index in [9.17, 15) is 0 Å². The first kappa shape index (κ1) is 19.9. The number of aromatic amines is 2. The molecule has 0 amide bonds. The topological polar surface area (TPSA) is 125 Å². The minimum absolute atomic E-state index is 0.565. The molecule has 2 N–H and O–H groups in total. The Bertz CT molecular complexity index is 1260. The quantitative estimate of drug-likeness (QED) is 0.372. The molecule has 0 atom stereocenters. The van der Waals surface area contributed by atoms with Crippen molar-refractivity contribution in [2.24, 2.45) is 0 Å². The van der Waals surface area contributed by atoms with Gasteiger partial charge in [-0.05, 0) is 33.5 Å². The third-order valence-electron chi connectivity index (χ3n) is 4.97. The summed E-state index contributed by atoms with van der Waals surface area (Å²) in [5.74, 6) is 1.15. The number of tetrazole rings is 2. The highest BCUT2D eigenvalue weighted by Gasteiger charge is 2.15. The molecule has 2 aromatic carbocycles. The standard InChI is InChI=1S/C21H20N10S/c1-2-11-31(21-22-12-18(32-21)20-25-29-30-26-20)13-14-7-9-15(10-8-14)16-5-3-4-6-17(16)19-23-27-28-24-19/h3-10,12H,2,11,13H2,1H3,(H,23,24,27,28)(H,25,26,29,30). The largest absolute Gasteiger partial charge is 0.344 e. The third-order valence-corrected chi connectivity index (χ3v) is 6.03. The van der Waals surface area contributed by atoms with Crippen LogP contribution in [0, 0.1) is 0 Å². The van der Waals surface area contributed by atoms with Crippen molar-refractivity contribution in [1.29, 1.82) is 0 Å². The Morgan fingerprint density at radius 2 is 1.59 bits per heavy atom. The van der Waals surface area contributed by atoms with E-state index in [0.29, 0.717) is 11.6 Å². The van der Waals surface area contributed by atoms with Crippen molar-refractivity contribution in [3.63, 3.8) is 0 Å². The predicted octanol–water partition coefficient (Wildman–Crippen LogP) is 3.59. The summed E-state index contributed by atoms with van der Waals surface area (Å²) >= 11 is 1.57. The van der Waals surface area contributed by atoms with Crippen LogP contribution in [0.3, 0.4) is 0 Å². The lowest BCUT2D eigenvalue weighted by atomic mass is 9.98. The van der Waals surface area contributed by atoms with Gasteiger partial charge in [0.25, 0.3) is 0 Å². The fraction of sp³-hybridized carbons (Fsp3) is 0.190. The highest BCUT2D eigenvalue weighted by atomic mass is 32.1. The van der Waals surface area contributed by atoms with E-state index in [1.807, 2.05) is 18.2 Å². The van der Waals surface area contributed by atoms with Gasteiger partial charge in [-0.1, -0.05) is 66.8 Å². The molecule has 0 bridgehead atoms. The summed E-state index contributed by atoms with van der Waals surface area (Å²) in [6, 6.07) is 16.6. The van der Waals surface area contributed by atoms with Gasteiger partial charge >= 0.3 is 0 Å². The molecule has 5 aromatic rings. The molecule has 11 heteroatoms. The first-order chi connectivity index (χ1) is 15.8. The van der Waals surface area contributed by atoms with Crippen LogP contribution in [0.2, 0.25) is 0 Å². The van der Waals surface area contributed by atoms with Crippen LogP contribution in [0.5, 0.6) is 0 Å². The number of nitrogens with one attached hydrogen (secondary N) is 2. The summed E-state index contributed by atoms with van der Waals surface area (Å²) in [5.41, 5.74) is 4.31. The van der Waals surface area contributed by atoms with Crippen LogP contribution in [0.25, 0.3) is 33.2 Å². The SMILES string of the molecule is CCCN(Cc1ccc(-c2ccccc2-c2nn[nH]n2)cc1)c1ncc(-c2nn[nH]n2)s1. The molecule has 0 saturated carbocycles. The van der Waals surface area contributed by atoms with Gasteiger partial charge in [-0.25, -0.2) is 4.98 Å². The zero-order valence-corrected chi connectivity index (χ0v) is 18.1. The number of rotatable bonds is 8. The number of H-pyrrole nitrogens is 2. The molecule has 0 saturated heterocycles. The third kappa shape index (κ3) is 4.10. The van der Waals surface area contributed by atoms with Gasteiger partial charge in [0.1, 0.15) is 0 Å². The lowest BCUT2D eigenvalue weighted by Crippen LogP contribution is -2.23. The fourth-order valence-electron chi connectivity index (χ4n) is 3.51. The molecule has 0 aliphatic carbocycles. The van der Waals surface area contributed by atoms with Gasteiger partial charge in [-0.3, -0.25) is 0 Å². The van der Waals surface area contributed by atoms with Crippen LogP contribution in [0.1, 0.15) is 18.9 Å². The van der Waals surface area contributed by atoms with Crippen LogP contribution in [0.4, 0.5) is 5.13 Å². The molecule has 0 radical (unpaired) electrons. The van der Waals surface area contributed by atoms with Crippen LogP contribution < -0.4 is 4.90 Å². The van der Waals surface area contributed by atoms with Crippen LogP contribution in [-0.4, -0.2) is 52.8 Å². The molecule has 3 aromatic heterocycles. The van der Waals surface area contributed by atoms with E-state index >= 15 is 0 Å². The molecular formula is C21H20N10S. The van der Waals surface area contributed by atoms with Crippen molar-refractivity contribution < 1.29 is 0 Å². The minimum atomic E-state index is 0.565. The van der Waals surface area contributed by atoms with Crippen molar-refractivity contribution in [3.8, 4) is 33.2 Å². The molecule has 5 rings (SSSR count).